The van der Waals surface area contributed by atoms with E-state index in [0.717, 1.165) is 12.8 Å². The molecule has 1 aliphatic carbocycles. The van der Waals surface area contributed by atoms with Gasteiger partial charge in [-0.2, -0.15) is 0 Å². The summed E-state index contributed by atoms with van der Waals surface area (Å²) >= 11 is 1.78. The van der Waals surface area contributed by atoms with Gasteiger partial charge in [-0.25, -0.2) is 0 Å². The number of hydrogen-bond acceptors (Lipinski definition) is 2. The van der Waals surface area contributed by atoms with Gasteiger partial charge in [0.05, 0.1) is 0 Å². The molecule has 1 nitrogen and oxygen atoms in total. The van der Waals surface area contributed by atoms with E-state index in [1.807, 2.05) is 0 Å². The molecule has 2 heteroatoms. The summed E-state index contributed by atoms with van der Waals surface area (Å²) in [5.74, 6) is 0. The van der Waals surface area contributed by atoms with Crippen molar-refractivity contribution in [1.29, 1.82) is 0 Å². The monoisotopic (exact) mass is 221 g/mol. The molecule has 0 atom stereocenters. The fraction of sp³-hybridized carbons (Fsp3) is 0.538. The van der Waals surface area contributed by atoms with E-state index < -0.39 is 0 Å². The predicted molar refractivity (Wildman–Crippen MR) is 67.4 cm³/mol. The van der Waals surface area contributed by atoms with Crippen molar-refractivity contribution in [2.24, 2.45) is 5.73 Å². The molecule has 1 saturated carbocycles. The van der Waals surface area contributed by atoms with Crippen LogP contribution in [0.4, 0.5) is 0 Å². The summed E-state index contributed by atoms with van der Waals surface area (Å²) in [5, 5.41) is 0. The molecule has 2 N–H and O–H groups in total. The van der Waals surface area contributed by atoms with Crippen LogP contribution in [-0.2, 0) is 5.41 Å². The molecular formula is C13H19NS. The highest BCUT2D eigenvalue weighted by molar-refractivity contribution is 7.98. The molecule has 0 amide bonds. The van der Waals surface area contributed by atoms with E-state index in [9.17, 15) is 0 Å². The maximum Gasteiger partial charge on any atom is 0.0248 e. The van der Waals surface area contributed by atoms with E-state index in [0.29, 0.717) is 0 Å². The van der Waals surface area contributed by atoms with Gasteiger partial charge in [-0.3, -0.25) is 0 Å². The summed E-state index contributed by atoms with van der Waals surface area (Å²) in [4.78, 5) is 1.32. The van der Waals surface area contributed by atoms with E-state index in [1.165, 1.54) is 10.5 Å². The molecule has 0 unspecified atom stereocenters. The van der Waals surface area contributed by atoms with E-state index in [2.05, 4.69) is 44.4 Å². The van der Waals surface area contributed by atoms with Crippen molar-refractivity contribution < 1.29 is 0 Å². The average Bonchev–Trinajstić information content (AvgIpc) is 2.98. The second-order valence-corrected chi connectivity index (χ2v) is 5.89. The fourth-order valence-corrected chi connectivity index (χ4v) is 2.46. The van der Waals surface area contributed by atoms with Gasteiger partial charge in [0.25, 0.3) is 0 Å². The Labute approximate surface area is 96.4 Å². The highest BCUT2D eigenvalue weighted by atomic mass is 32.2. The topological polar surface area (TPSA) is 26.0 Å². The standard InChI is InChI=1S/C13H19NS/c1-12(2,13(14)8-9-13)10-4-6-11(15-3)7-5-10/h4-7H,8-9,14H2,1-3H3. The lowest BCUT2D eigenvalue weighted by Gasteiger charge is -2.32. The zero-order valence-electron chi connectivity index (χ0n) is 9.71. The van der Waals surface area contributed by atoms with Crippen molar-refractivity contribution >= 4 is 11.8 Å². The molecule has 1 aromatic carbocycles. The Morgan fingerprint density at radius 1 is 1.20 bits per heavy atom. The fourth-order valence-electron chi connectivity index (χ4n) is 2.05. The lowest BCUT2D eigenvalue weighted by molar-refractivity contribution is 0.391. The summed E-state index contributed by atoms with van der Waals surface area (Å²) in [6.07, 6.45) is 4.42. The number of rotatable bonds is 3. The van der Waals surface area contributed by atoms with Crippen LogP contribution in [0.1, 0.15) is 32.3 Å². The molecule has 82 valence electrons. The predicted octanol–water partition coefficient (Wildman–Crippen LogP) is 3.18. The van der Waals surface area contributed by atoms with Crippen LogP contribution in [0.25, 0.3) is 0 Å². The maximum atomic E-state index is 6.32. The molecule has 0 spiro atoms. The van der Waals surface area contributed by atoms with Gasteiger partial charge < -0.3 is 5.73 Å². The van der Waals surface area contributed by atoms with E-state index in [1.54, 1.807) is 11.8 Å². The molecule has 0 bridgehead atoms. The minimum absolute atomic E-state index is 0.0356. The molecule has 1 fully saturated rings. The third-order valence-electron chi connectivity index (χ3n) is 3.85. The molecule has 0 aromatic heterocycles. The molecule has 1 aliphatic rings. The minimum Gasteiger partial charge on any atom is -0.324 e. The van der Waals surface area contributed by atoms with Crippen LogP contribution in [0, 0.1) is 0 Å². The molecule has 0 aliphatic heterocycles. The zero-order valence-corrected chi connectivity index (χ0v) is 10.5. The number of benzene rings is 1. The number of nitrogens with two attached hydrogens (primary N) is 1. The summed E-state index contributed by atoms with van der Waals surface area (Å²) in [7, 11) is 0. The average molecular weight is 221 g/mol. The summed E-state index contributed by atoms with van der Waals surface area (Å²) < 4.78 is 0. The third-order valence-corrected chi connectivity index (χ3v) is 4.59. The van der Waals surface area contributed by atoms with Crippen molar-refractivity contribution in [2.75, 3.05) is 6.26 Å². The van der Waals surface area contributed by atoms with Crippen LogP contribution in [-0.4, -0.2) is 11.8 Å². The first-order valence-electron chi connectivity index (χ1n) is 5.43. The molecule has 2 rings (SSSR count). The van der Waals surface area contributed by atoms with Crippen LogP contribution >= 0.6 is 11.8 Å². The Hall–Kier alpha value is -0.470. The minimum atomic E-state index is 0.0356. The van der Waals surface area contributed by atoms with Gasteiger partial charge in [-0.15, -0.1) is 11.8 Å². The number of thioether (sulfide) groups is 1. The summed E-state index contributed by atoms with van der Waals surface area (Å²) in [5.41, 5.74) is 7.82. The second-order valence-electron chi connectivity index (χ2n) is 5.01. The Bertz CT molecular complexity index is 349. The van der Waals surface area contributed by atoms with Gasteiger partial charge in [0.2, 0.25) is 0 Å². The van der Waals surface area contributed by atoms with Crippen LogP contribution in [0.2, 0.25) is 0 Å². The number of hydrogen-bond donors (Lipinski definition) is 1. The van der Waals surface area contributed by atoms with E-state index in [4.69, 9.17) is 5.73 Å². The van der Waals surface area contributed by atoms with Gasteiger partial charge >= 0.3 is 0 Å². The van der Waals surface area contributed by atoms with Crippen LogP contribution in [0.5, 0.6) is 0 Å². The van der Waals surface area contributed by atoms with Gasteiger partial charge in [0.15, 0.2) is 0 Å². The summed E-state index contributed by atoms with van der Waals surface area (Å²) in [6.45, 7) is 4.52. The Balaban J connectivity index is 2.29. The van der Waals surface area contributed by atoms with Crippen molar-refractivity contribution in [1.82, 2.24) is 0 Å². The quantitative estimate of drug-likeness (QED) is 0.793. The molecule has 0 radical (unpaired) electrons. The van der Waals surface area contributed by atoms with E-state index >= 15 is 0 Å². The van der Waals surface area contributed by atoms with E-state index in [-0.39, 0.29) is 11.0 Å². The van der Waals surface area contributed by atoms with Crippen LogP contribution in [0.3, 0.4) is 0 Å². The first kappa shape index (κ1) is 11.0. The SMILES string of the molecule is CSc1ccc(C(C)(C)C2(N)CC2)cc1. The molecular weight excluding hydrogens is 202 g/mol. The highest BCUT2D eigenvalue weighted by Gasteiger charge is 2.51. The van der Waals surface area contributed by atoms with Crippen molar-refractivity contribution in [3.8, 4) is 0 Å². The smallest absolute Gasteiger partial charge is 0.0248 e. The molecule has 1 aromatic rings. The Morgan fingerprint density at radius 2 is 1.73 bits per heavy atom. The zero-order chi connectivity index (χ0) is 11.1. The third kappa shape index (κ3) is 1.81. The second kappa shape index (κ2) is 3.53. The highest BCUT2D eigenvalue weighted by Crippen LogP contribution is 2.49. The normalized spacial score (nSPS) is 18.9. The largest absolute Gasteiger partial charge is 0.324 e. The van der Waals surface area contributed by atoms with Crippen molar-refractivity contribution in [2.45, 2.75) is 42.5 Å². The van der Waals surface area contributed by atoms with Crippen LogP contribution in [0.15, 0.2) is 29.2 Å². The Morgan fingerprint density at radius 3 is 2.13 bits per heavy atom. The van der Waals surface area contributed by atoms with Crippen LogP contribution < -0.4 is 5.73 Å². The van der Waals surface area contributed by atoms with Gasteiger partial charge in [0, 0.05) is 15.8 Å². The van der Waals surface area contributed by atoms with Crippen molar-refractivity contribution in [3.63, 3.8) is 0 Å². The van der Waals surface area contributed by atoms with Gasteiger partial charge in [-0.05, 0) is 36.8 Å². The van der Waals surface area contributed by atoms with Crippen molar-refractivity contribution in [3.05, 3.63) is 29.8 Å². The van der Waals surface area contributed by atoms with Gasteiger partial charge in [0.1, 0.15) is 0 Å². The molecule has 15 heavy (non-hydrogen) atoms. The molecule has 0 heterocycles. The summed E-state index contributed by atoms with van der Waals surface area (Å²) in [6, 6.07) is 8.82. The first-order valence-corrected chi connectivity index (χ1v) is 6.65. The van der Waals surface area contributed by atoms with Gasteiger partial charge in [-0.1, -0.05) is 26.0 Å². The lowest BCUT2D eigenvalue weighted by atomic mass is 9.76. The Kier molecular flexibility index (Phi) is 2.60. The molecule has 0 saturated heterocycles. The first-order chi connectivity index (χ1) is 6.99. The lowest BCUT2D eigenvalue weighted by Crippen LogP contribution is -2.43. The maximum absolute atomic E-state index is 6.32.